The summed E-state index contributed by atoms with van der Waals surface area (Å²) in [6, 6.07) is 2.27. The second kappa shape index (κ2) is 2.32. The molecule has 0 spiro atoms. The Kier molecular flexibility index (Phi) is 1.50. The Morgan fingerprint density at radius 3 is 2.83 bits per heavy atom. The molecule has 1 aliphatic carbocycles. The molecule has 2 rings (SSSR count). The second-order valence-electron chi connectivity index (χ2n) is 4.64. The SMILES string of the molecule is Cc1cnc2c(c1)CC(C)(C)C2. The monoisotopic (exact) mass is 161 g/mol. The maximum absolute atomic E-state index is 4.45. The van der Waals surface area contributed by atoms with Gasteiger partial charge >= 0.3 is 0 Å². The number of nitrogens with zero attached hydrogens (tertiary/aromatic N) is 1. The average Bonchev–Trinajstić information content (AvgIpc) is 2.21. The highest BCUT2D eigenvalue weighted by Crippen LogP contribution is 2.34. The van der Waals surface area contributed by atoms with Crippen molar-refractivity contribution in [2.75, 3.05) is 0 Å². The third-order valence-electron chi connectivity index (χ3n) is 2.51. The Hall–Kier alpha value is -0.850. The number of hydrogen-bond donors (Lipinski definition) is 0. The summed E-state index contributed by atoms with van der Waals surface area (Å²) in [5.74, 6) is 0. The summed E-state index contributed by atoms with van der Waals surface area (Å²) in [7, 11) is 0. The predicted molar refractivity (Wildman–Crippen MR) is 50.2 cm³/mol. The van der Waals surface area contributed by atoms with Gasteiger partial charge in [0.15, 0.2) is 0 Å². The van der Waals surface area contributed by atoms with Crippen LogP contribution < -0.4 is 0 Å². The zero-order valence-corrected chi connectivity index (χ0v) is 8.02. The summed E-state index contributed by atoms with van der Waals surface area (Å²) < 4.78 is 0. The summed E-state index contributed by atoms with van der Waals surface area (Å²) in [5, 5.41) is 0. The largest absolute Gasteiger partial charge is 0.261 e. The number of rotatable bonds is 0. The highest BCUT2D eigenvalue weighted by atomic mass is 14.7. The van der Waals surface area contributed by atoms with Gasteiger partial charge in [-0.1, -0.05) is 19.9 Å². The molecule has 0 amide bonds. The van der Waals surface area contributed by atoms with Crippen LogP contribution in [0.15, 0.2) is 12.3 Å². The van der Waals surface area contributed by atoms with Gasteiger partial charge in [0.2, 0.25) is 0 Å². The van der Waals surface area contributed by atoms with Gasteiger partial charge in [-0.3, -0.25) is 4.98 Å². The van der Waals surface area contributed by atoms with Gasteiger partial charge in [-0.15, -0.1) is 0 Å². The van der Waals surface area contributed by atoms with Crippen LogP contribution in [-0.2, 0) is 12.8 Å². The van der Waals surface area contributed by atoms with Gasteiger partial charge in [-0.25, -0.2) is 0 Å². The van der Waals surface area contributed by atoms with Gasteiger partial charge in [-0.2, -0.15) is 0 Å². The van der Waals surface area contributed by atoms with Gasteiger partial charge < -0.3 is 0 Å². The van der Waals surface area contributed by atoms with Crippen molar-refractivity contribution in [1.29, 1.82) is 0 Å². The van der Waals surface area contributed by atoms with Crippen LogP contribution in [0.25, 0.3) is 0 Å². The van der Waals surface area contributed by atoms with Gasteiger partial charge in [0.05, 0.1) is 0 Å². The zero-order valence-electron chi connectivity index (χ0n) is 8.02. The molecule has 0 radical (unpaired) electrons. The number of hydrogen-bond acceptors (Lipinski definition) is 1. The highest BCUT2D eigenvalue weighted by molar-refractivity contribution is 5.30. The lowest BCUT2D eigenvalue weighted by Gasteiger charge is -2.14. The van der Waals surface area contributed by atoms with Crippen LogP contribution in [-0.4, -0.2) is 4.98 Å². The number of aromatic nitrogens is 1. The molecule has 64 valence electrons. The Balaban J connectivity index is 2.43. The van der Waals surface area contributed by atoms with E-state index in [-0.39, 0.29) is 0 Å². The van der Waals surface area contributed by atoms with E-state index >= 15 is 0 Å². The first-order valence-electron chi connectivity index (χ1n) is 4.51. The van der Waals surface area contributed by atoms with Crippen molar-refractivity contribution >= 4 is 0 Å². The Labute approximate surface area is 73.8 Å². The molecule has 1 heterocycles. The maximum Gasteiger partial charge on any atom is 0.0441 e. The summed E-state index contributed by atoms with van der Waals surface area (Å²) in [6.45, 7) is 6.73. The van der Waals surface area contributed by atoms with Gasteiger partial charge in [0, 0.05) is 11.9 Å². The fraction of sp³-hybridized carbons (Fsp3) is 0.545. The molecule has 0 fully saturated rings. The molecule has 1 heteroatoms. The first-order chi connectivity index (χ1) is 5.57. The molecular weight excluding hydrogens is 146 g/mol. The molecule has 1 aromatic rings. The topological polar surface area (TPSA) is 12.9 Å². The summed E-state index contributed by atoms with van der Waals surface area (Å²) in [4.78, 5) is 4.45. The fourth-order valence-electron chi connectivity index (χ4n) is 2.00. The van der Waals surface area contributed by atoms with Crippen LogP contribution >= 0.6 is 0 Å². The van der Waals surface area contributed by atoms with E-state index in [1.807, 2.05) is 6.20 Å². The van der Waals surface area contributed by atoms with Gasteiger partial charge in [-0.05, 0) is 36.3 Å². The molecular formula is C11H15N. The quantitative estimate of drug-likeness (QED) is 0.569. The van der Waals surface area contributed by atoms with Crippen LogP contribution in [0.1, 0.15) is 30.7 Å². The number of pyridine rings is 1. The lowest BCUT2D eigenvalue weighted by atomic mass is 9.90. The molecule has 0 unspecified atom stereocenters. The summed E-state index contributed by atoms with van der Waals surface area (Å²) >= 11 is 0. The van der Waals surface area contributed by atoms with E-state index in [1.165, 1.54) is 23.2 Å². The number of fused-ring (bicyclic) bond motifs is 1. The van der Waals surface area contributed by atoms with Crippen molar-refractivity contribution in [2.24, 2.45) is 5.41 Å². The van der Waals surface area contributed by atoms with Gasteiger partial charge in [0.1, 0.15) is 0 Å². The van der Waals surface area contributed by atoms with Crippen molar-refractivity contribution < 1.29 is 0 Å². The molecule has 12 heavy (non-hydrogen) atoms. The van der Waals surface area contributed by atoms with Crippen LogP contribution in [0, 0.1) is 12.3 Å². The lowest BCUT2D eigenvalue weighted by Crippen LogP contribution is -2.09. The van der Waals surface area contributed by atoms with E-state index in [0.29, 0.717) is 5.41 Å². The minimum Gasteiger partial charge on any atom is -0.261 e. The van der Waals surface area contributed by atoms with E-state index in [9.17, 15) is 0 Å². The number of aryl methyl sites for hydroxylation is 1. The Morgan fingerprint density at radius 2 is 2.08 bits per heavy atom. The second-order valence-corrected chi connectivity index (χ2v) is 4.64. The third kappa shape index (κ3) is 1.24. The minimum atomic E-state index is 0.434. The molecule has 1 aliphatic rings. The first kappa shape index (κ1) is 7.78. The molecule has 0 saturated heterocycles. The average molecular weight is 161 g/mol. The molecule has 0 aromatic carbocycles. The Morgan fingerprint density at radius 1 is 1.33 bits per heavy atom. The maximum atomic E-state index is 4.45. The first-order valence-corrected chi connectivity index (χ1v) is 4.51. The van der Waals surface area contributed by atoms with E-state index < -0.39 is 0 Å². The van der Waals surface area contributed by atoms with Crippen LogP contribution in [0.4, 0.5) is 0 Å². The molecule has 0 N–H and O–H groups in total. The van der Waals surface area contributed by atoms with Crippen molar-refractivity contribution in [3.8, 4) is 0 Å². The minimum absolute atomic E-state index is 0.434. The third-order valence-corrected chi connectivity index (χ3v) is 2.51. The van der Waals surface area contributed by atoms with Gasteiger partial charge in [0.25, 0.3) is 0 Å². The molecule has 1 aromatic heterocycles. The molecule has 1 nitrogen and oxygen atoms in total. The van der Waals surface area contributed by atoms with Crippen molar-refractivity contribution in [1.82, 2.24) is 4.98 Å². The summed E-state index contributed by atoms with van der Waals surface area (Å²) in [5.41, 5.74) is 4.49. The van der Waals surface area contributed by atoms with Crippen LogP contribution in [0.5, 0.6) is 0 Å². The highest BCUT2D eigenvalue weighted by Gasteiger charge is 2.28. The molecule has 0 atom stereocenters. The van der Waals surface area contributed by atoms with E-state index in [4.69, 9.17) is 0 Å². The normalized spacial score (nSPS) is 19.2. The van der Waals surface area contributed by atoms with Crippen molar-refractivity contribution in [3.05, 3.63) is 29.1 Å². The van der Waals surface area contributed by atoms with E-state index in [0.717, 1.165) is 6.42 Å². The lowest BCUT2D eigenvalue weighted by molar-refractivity contribution is 0.390. The van der Waals surface area contributed by atoms with Crippen molar-refractivity contribution in [2.45, 2.75) is 33.6 Å². The van der Waals surface area contributed by atoms with E-state index in [2.05, 4.69) is 31.8 Å². The smallest absolute Gasteiger partial charge is 0.0441 e. The Bertz CT molecular complexity index is 313. The summed E-state index contributed by atoms with van der Waals surface area (Å²) in [6.07, 6.45) is 4.31. The standard InChI is InChI=1S/C11H15N/c1-8-4-9-5-11(2,3)6-10(9)12-7-8/h4,7H,5-6H2,1-3H3. The zero-order chi connectivity index (χ0) is 8.77. The molecule has 0 saturated carbocycles. The predicted octanol–water partition coefficient (Wildman–Crippen LogP) is 2.51. The van der Waals surface area contributed by atoms with Crippen molar-refractivity contribution in [3.63, 3.8) is 0 Å². The fourth-order valence-corrected chi connectivity index (χ4v) is 2.00. The molecule has 0 bridgehead atoms. The molecule has 0 aliphatic heterocycles. The van der Waals surface area contributed by atoms with Crippen LogP contribution in [0.2, 0.25) is 0 Å². The van der Waals surface area contributed by atoms with Crippen LogP contribution in [0.3, 0.4) is 0 Å². The van der Waals surface area contributed by atoms with E-state index in [1.54, 1.807) is 0 Å².